The predicted octanol–water partition coefficient (Wildman–Crippen LogP) is 3.03. The topological polar surface area (TPSA) is 54.0 Å². The summed E-state index contributed by atoms with van der Waals surface area (Å²) in [5.41, 5.74) is 0.755. The van der Waals surface area contributed by atoms with E-state index < -0.39 is 0 Å². The Morgan fingerprint density at radius 2 is 2.06 bits per heavy atom. The molecule has 18 heavy (non-hydrogen) atoms. The maximum absolute atomic E-state index is 11.5. The number of nitrogens with zero attached hydrogens (tertiary/aromatic N) is 1. The molecule has 0 spiro atoms. The van der Waals surface area contributed by atoms with Crippen molar-refractivity contribution < 1.29 is 4.79 Å². The summed E-state index contributed by atoms with van der Waals surface area (Å²) in [7, 11) is 0. The summed E-state index contributed by atoms with van der Waals surface area (Å²) in [4.78, 5) is 15.9. The first-order valence-corrected chi connectivity index (χ1v) is 6.68. The second-order valence-electron chi connectivity index (χ2n) is 5.20. The lowest BCUT2D eigenvalue weighted by atomic mass is 10.2. The van der Waals surface area contributed by atoms with Crippen LogP contribution in [0.2, 0.25) is 0 Å². The Hall–Kier alpha value is -1.58. The SMILES string of the molecule is CC(C)C(=O)Nc1ccc(NC2CCCC2)nc1. The minimum absolute atomic E-state index is 0.0127. The van der Waals surface area contributed by atoms with Crippen LogP contribution in [0, 0.1) is 5.92 Å². The third-order valence-electron chi connectivity index (χ3n) is 3.26. The minimum Gasteiger partial charge on any atom is -0.367 e. The Morgan fingerprint density at radius 1 is 1.33 bits per heavy atom. The third kappa shape index (κ3) is 3.45. The molecule has 1 fully saturated rings. The van der Waals surface area contributed by atoms with Crippen LogP contribution >= 0.6 is 0 Å². The normalized spacial score (nSPS) is 15.9. The fourth-order valence-electron chi connectivity index (χ4n) is 2.12. The van der Waals surface area contributed by atoms with Crippen LogP contribution in [0.15, 0.2) is 18.3 Å². The molecular weight excluding hydrogens is 226 g/mol. The molecule has 0 saturated heterocycles. The minimum atomic E-state index is -0.0127. The van der Waals surface area contributed by atoms with E-state index in [1.54, 1.807) is 6.20 Å². The summed E-state index contributed by atoms with van der Waals surface area (Å²) >= 11 is 0. The van der Waals surface area contributed by atoms with Crippen LogP contribution in [0.1, 0.15) is 39.5 Å². The van der Waals surface area contributed by atoms with Gasteiger partial charge in [0.1, 0.15) is 5.82 Å². The maximum Gasteiger partial charge on any atom is 0.226 e. The number of carbonyl (C=O) groups excluding carboxylic acids is 1. The van der Waals surface area contributed by atoms with Crippen molar-refractivity contribution in [1.82, 2.24) is 4.98 Å². The van der Waals surface area contributed by atoms with Gasteiger partial charge in [0.15, 0.2) is 0 Å². The molecule has 2 N–H and O–H groups in total. The fraction of sp³-hybridized carbons (Fsp3) is 0.571. The Labute approximate surface area is 108 Å². The van der Waals surface area contributed by atoms with E-state index in [-0.39, 0.29) is 11.8 Å². The zero-order valence-corrected chi connectivity index (χ0v) is 11.1. The number of rotatable bonds is 4. The van der Waals surface area contributed by atoms with Crippen molar-refractivity contribution in [3.05, 3.63) is 18.3 Å². The van der Waals surface area contributed by atoms with Gasteiger partial charge in [0.05, 0.1) is 11.9 Å². The van der Waals surface area contributed by atoms with E-state index in [1.807, 2.05) is 26.0 Å². The van der Waals surface area contributed by atoms with Gasteiger partial charge in [-0.25, -0.2) is 4.98 Å². The zero-order chi connectivity index (χ0) is 13.0. The highest BCUT2D eigenvalue weighted by molar-refractivity contribution is 5.91. The Balaban J connectivity index is 1.90. The molecule has 0 bridgehead atoms. The van der Waals surface area contributed by atoms with Gasteiger partial charge in [-0.3, -0.25) is 4.79 Å². The van der Waals surface area contributed by atoms with Gasteiger partial charge in [-0.1, -0.05) is 26.7 Å². The van der Waals surface area contributed by atoms with Crippen LogP contribution < -0.4 is 10.6 Å². The van der Waals surface area contributed by atoms with Crippen molar-refractivity contribution in [1.29, 1.82) is 0 Å². The molecule has 4 nitrogen and oxygen atoms in total. The number of anilines is 2. The molecule has 0 aliphatic heterocycles. The first-order chi connectivity index (χ1) is 8.65. The molecule has 0 atom stereocenters. The molecule has 1 aromatic heterocycles. The van der Waals surface area contributed by atoms with Gasteiger partial charge in [-0.15, -0.1) is 0 Å². The molecule has 1 amide bonds. The Morgan fingerprint density at radius 3 is 2.61 bits per heavy atom. The van der Waals surface area contributed by atoms with Crippen molar-refractivity contribution in [3.63, 3.8) is 0 Å². The Kier molecular flexibility index (Phi) is 4.18. The summed E-state index contributed by atoms with van der Waals surface area (Å²) in [6, 6.07) is 4.38. The van der Waals surface area contributed by atoms with Gasteiger partial charge >= 0.3 is 0 Å². The third-order valence-corrected chi connectivity index (χ3v) is 3.26. The molecule has 1 aliphatic carbocycles. The summed E-state index contributed by atoms with van der Waals surface area (Å²) in [6.45, 7) is 3.75. The van der Waals surface area contributed by atoms with E-state index in [1.165, 1.54) is 25.7 Å². The highest BCUT2D eigenvalue weighted by atomic mass is 16.1. The maximum atomic E-state index is 11.5. The van der Waals surface area contributed by atoms with Gasteiger partial charge in [-0.05, 0) is 25.0 Å². The van der Waals surface area contributed by atoms with Crippen molar-refractivity contribution in [3.8, 4) is 0 Å². The van der Waals surface area contributed by atoms with Crippen LogP contribution in [-0.4, -0.2) is 16.9 Å². The van der Waals surface area contributed by atoms with E-state index in [0.717, 1.165) is 11.5 Å². The van der Waals surface area contributed by atoms with Crippen LogP contribution in [0.4, 0.5) is 11.5 Å². The van der Waals surface area contributed by atoms with Crippen LogP contribution in [0.25, 0.3) is 0 Å². The van der Waals surface area contributed by atoms with Gasteiger partial charge in [0.25, 0.3) is 0 Å². The molecule has 0 aromatic carbocycles. The molecule has 2 rings (SSSR count). The molecule has 98 valence electrons. The second-order valence-corrected chi connectivity index (χ2v) is 5.20. The number of hydrogen-bond donors (Lipinski definition) is 2. The number of carbonyl (C=O) groups is 1. The molecule has 0 unspecified atom stereocenters. The van der Waals surface area contributed by atoms with E-state index >= 15 is 0 Å². The molecule has 1 heterocycles. The van der Waals surface area contributed by atoms with E-state index in [0.29, 0.717) is 6.04 Å². The van der Waals surface area contributed by atoms with Crippen LogP contribution in [-0.2, 0) is 4.79 Å². The first-order valence-electron chi connectivity index (χ1n) is 6.68. The second kappa shape index (κ2) is 5.85. The number of nitrogens with one attached hydrogen (secondary N) is 2. The van der Waals surface area contributed by atoms with Crippen LogP contribution in [0.3, 0.4) is 0 Å². The number of hydrogen-bond acceptors (Lipinski definition) is 3. The van der Waals surface area contributed by atoms with Crippen LogP contribution in [0.5, 0.6) is 0 Å². The largest absolute Gasteiger partial charge is 0.367 e. The number of aromatic nitrogens is 1. The zero-order valence-electron chi connectivity index (χ0n) is 11.1. The standard InChI is InChI=1S/C14H21N3O/c1-10(2)14(18)17-12-7-8-13(15-9-12)16-11-5-3-4-6-11/h7-11H,3-6H2,1-2H3,(H,15,16)(H,17,18). The molecule has 0 radical (unpaired) electrons. The summed E-state index contributed by atoms with van der Waals surface area (Å²) in [5, 5.41) is 6.25. The lowest BCUT2D eigenvalue weighted by molar-refractivity contribution is -0.118. The lowest BCUT2D eigenvalue weighted by Crippen LogP contribution is -2.18. The summed E-state index contributed by atoms with van der Waals surface area (Å²) in [6.07, 6.45) is 6.78. The molecule has 4 heteroatoms. The smallest absolute Gasteiger partial charge is 0.226 e. The monoisotopic (exact) mass is 247 g/mol. The lowest BCUT2D eigenvalue weighted by Gasteiger charge is -2.13. The van der Waals surface area contributed by atoms with Crippen molar-refractivity contribution in [2.45, 2.75) is 45.6 Å². The average molecular weight is 247 g/mol. The van der Waals surface area contributed by atoms with E-state index in [9.17, 15) is 4.79 Å². The highest BCUT2D eigenvalue weighted by Gasteiger charge is 2.14. The van der Waals surface area contributed by atoms with E-state index in [2.05, 4.69) is 15.6 Å². The number of amides is 1. The van der Waals surface area contributed by atoms with Gasteiger partial charge in [0, 0.05) is 12.0 Å². The molecular formula is C14H21N3O. The predicted molar refractivity (Wildman–Crippen MR) is 73.6 cm³/mol. The van der Waals surface area contributed by atoms with Gasteiger partial charge < -0.3 is 10.6 Å². The summed E-state index contributed by atoms with van der Waals surface area (Å²) in [5.74, 6) is 0.902. The number of pyridine rings is 1. The average Bonchev–Trinajstić information content (AvgIpc) is 2.84. The van der Waals surface area contributed by atoms with Crippen molar-refractivity contribution in [2.24, 2.45) is 5.92 Å². The highest BCUT2D eigenvalue weighted by Crippen LogP contribution is 2.21. The van der Waals surface area contributed by atoms with Crippen molar-refractivity contribution in [2.75, 3.05) is 10.6 Å². The van der Waals surface area contributed by atoms with Gasteiger partial charge in [-0.2, -0.15) is 0 Å². The molecule has 1 saturated carbocycles. The van der Waals surface area contributed by atoms with E-state index in [4.69, 9.17) is 0 Å². The Bertz CT molecular complexity index is 394. The molecule has 1 aromatic rings. The first kappa shape index (κ1) is 12.9. The van der Waals surface area contributed by atoms with Gasteiger partial charge in [0.2, 0.25) is 5.91 Å². The molecule has 1 aliphatic rings. The summed E-state index contributed by atoms with van der Waals surface area (Å²) < 4.78 is 0. The van der Waals surface area contributed by atoms with Crippen molar-refractivity contribution >= 4 is 17.4 Å². The fourth-order valence-corrected chi connectivity index (χ4v) is 2.12. The quantitative estimate of drug-likeness (QED) is 0.860.